The lowest BCUT2D eigenvalue weighted by molar-refractivity contribution is 0.660. The maximum absolute atomic E-state index is 2.59. The molecule has 0 fully saturated rings. The van der Waals surface area contributed by atoms with E-state index in [0.717, 1.165) is 0 Å². The molecule has 0 radical (unpaired) electrons. The molecule has 0 N–H and O–H groups in total. The van der Waals surface area contributed by atoms with E-state index in [1.165, 1.54) is 104 Å². The van der Waals surface area contributed by atoms with Gasteiger partial charge in [-0.15, -0.1) is 11.3 Å². The standard InChI is InChI=1S/C52H35NS/c1-51(2)39-20-8-6-18-37(39)49-43(51)24-13-25-45(49)53(46-26-14-28-48-50(46)38-19-7-12-27-47(38)54-48)32-29-30-36-35-17-5-11-23-42(35)52(44(36)31-32)40-21-9-3-15-33(40)34-16-4-10-22-41(34)52/h3-31H,1-2H3. The van der Waals surface area contributed by atoms with Crippen molar-refractivity contribution in [3.8, 4) is 33.4 Å². The molecule has 0 atom stereocenters. The van der Waals surface area contributed by atoms with Crippen molar-refractivity contribution in [2.24, 2.45) is 0 Å². The molecule has 0 bridgehead atoms. The van der Waals surface area contributed by atoms with Gasteiger partial charge in [-0.05, 0) is 97.6 Å². The highest BCUT2D eigenvalue weighted by Crippen LogP contribution is 2.64. The van der Waals surface area contributed by atoms with Crippen molar-refractivity contribution < 1.29 is 0 Å². The summed E-state index contributed by atoms with van der Waals surface area (Å²) in [6.07, 6.45) is 0. The Morgan fingerprint density at radius 3 is 1.63 bits per heavy atom. The normalized spacial score (nSPS) is 14.8. The van der Waals surface area contributed by atoms with Crippen molar-refractivity contribution in [3.05, 3.63) is 209 Å². The smallest absolute Gasteiger partial charge is 0.0726 e. The Labute approximate surface area is 319 Å². The van der Waals surface area contributed by atoms with Gasteiger partial charge in [0.2, 0.25) is 0 Å². The van der Waals surface area contributed by atoms with Crippen LogP contribution in [0, 0.1) is 0 Å². The van der Waals surface area contributed by atoms with Crippen LogP contribution in [-0.2, 0) is 10.8 Å². The van der Waals surface area contributed by atoms with E-state index in [0.29, 0.717) is 0 Å². The maximum atomic E-state index is 2.59. The number of anilines is 3. The van der Waals surface area contributed by atoms with Gasteiger partial charge in [0, 0.05) is 36.8 Å². The first-order valence-electron chi connectivity index (χ1n) is 18.9. The van der Waals surface area contributed by atoms with E-state index in [2.05, 4.69) is 195 Å². The first kappa shape index (κ1) is 30.3. The van der Waals surface area contributed by atoms with E-state index in [9.17, 15) is 0 Å². The average molecular weight is 706 g/mol. The van der Waals surface area contributed by atoms with Crippen molar-refractivity contribution in [2.45, 2.75) is 24.7 Å². The second-order valence-corrected chi connectivity index (χ2v) is 16.7. The number of thiophene rings is 1. The Kier molecular flexibility index (Phi) is 5.99. The number of hydrogen-bond donors (Lipinski definition) is 0. The fourth-order valence-corrected chi connectivity index (χ4v) is 11.6. The van der Waals surface area contributed by atoms with Crippen molar-refractivity contribution in [3.63, 3.8) is 0 Å². The molecule has 12 rings (SSSR count). The summed E-state index contributed by atoms with van der Waals surface area (Å²) in [5, 5.41) is 2.60. The number of hydrogen-bond acceptors (Lipinski definition) is 2. The SMILES string of the molecule is CC1(C)c2ccccc2-c2c(N(c3ccc4c(c3)C3(c5ccccc5-c5ccccc53)c3ccccc3-4)c3cccc4sc5ccccc5c34)cccc21. The Balaban J connectivity index is 1.21. The van der Waals surface area contributed by atoms with Crippen LogP contribution in [0.25, 0.3) is 53.6 Å². The van der Waals surface area contributed by atoms with Crippen LogP contribution in [0.1, 0.15) is 47.2 Å². The van der Waals surface area contributed by atoms with E-state index in [1.54, 1.807) is 0 Å². The third-order valence-electron chi connectivity index (χ3n) is 12.7. The van der Waals surface area contributed by atoms with Crippen molar-refractivity contribution in [1.29, 1.82) is 0 Å². The predicted octanol–water partition coefficient (Wildman–Crippen LogP) is 14.2. The van der Waals surface area contributed by atoms with Crippen molar-refractivity contribution in [1.82, 2.24) is 0 Å². The largest absolute Gasteiger partial charge is 0.309 e. The molecule has 254 valence electrons. The minimum absolute atomic E-state index is 0.115. The molecule has 0 amide bonds. The molecule has 3 aliphatic rings. The zero-order chi connectivity index (χ0) is 35.8. The zero-order valence-corrected chi connectivity index (χ0v) is 30.9. The van der Waals surface area contributed by atoms with E-state index in [4.69, 9.17) is 0 Å². The van der Waals surface area contributed by atoms with Gasteiger partial charge in [0.05, 0.1) is 16.8 Å². The van der Waals surface area contributed by atoms with Gasteiger partial charge in [0.15, 0.2) is 0 Å². The first-order chi connectivity index (χ1) is 26.6. The van der Waals surface area contributed by atoms with Crippen LogP contribution in [0.3, 0.4) is 0 Å². The summed E-state index contributed by atoms with van der Waals surface area (Å²) in [5.41, 5.74) is 19.2. The zero-order valence-electron chi connectivity index (χ0n) is 30.1. The fourth-order valence-electron chi connectivity index (χ4n) is 10.5. The summed E-state index contributed by atoms with van der Waals surface area (Å²) in [5.74, 6) is 0. The van der Waals surface area contributed by atoms with Gasteiger partial charge in [-0.3, -0.25) is 0 Å². The quantitative estimate of drug-likeness (QED) is 0.177. The fraction of sp³-hybridized carbons (Fsp3) is 0.0769. The lowest BCUT2D eigenvalue weighted by atomic mass is 9.70. The topological polar surface area (TPSA) is 3.24 Å². The minimum Gasteiger partial charge on any atom is -0.309 e. The Morgan fingerprint density at radius 2 is 0.926 bits per heavy atom. The van der Waals surface area contributed by atoms with Crippen LogP contribution in [0.2, 0.25) is 0 Å². The van der Waals surface area contributed by atoms with Crippen molar-refractivity contribution >= 4 is 48.6 Å². The molecule has 54 heavy (non-hydrogen) atoms. The molecule has 2 heteroatoms. The molecule has 3 aliphatic carbocycles. The second-order valence-electron chi connectivity index (χ2n) is 15.6. The Morgan fingerprint density at radius 1 is 0.407 bits per heavy atom. The molecule has 0 aliphatic heterocycles. The van der Waals surface area contributed by atoms with E-state index in [-0.39, 0.29) is 5.41 Å². The predicted molar refractivity (Wildman–Crippen MR) is 228 cm³/mol. The number of rotatable bonds is 3. The molecule has 0 unspecified atom stereocenters. The molecule has 0 saturated carbocycles. The third kappa shape index (κ3) is 3.69. The second kappa shape index (κ2) is 10.7. The van der Waals surface area contributed by atoms with Crippen LogP contribution in [0.5, 0.6) is 0 Å². The van der Waals surface area contributed by atoms with Gasteiger partial charge in [-0.2, -0.15) is 0 Å². The van der Waals surface area contributed by atoms with Crippen molar-refractivity contribution in [2.75, 3.05) is 4.90 Å². The molecule has 0 saturated heterocycles. The van der Waals surface area contributed by atoms with Gasteiger partial charge in [0.1, 0.15) is 0 Å². The minimum atomic E-state index is -0.422. The van der Waals surface area contributed by atoms with Gasteiger partial charge in [-0.25, -0.2) is 0 Å². The van der Waals surface area contributed by atoms with Crippen LogP contribution in [0.4, 0.5) is 17.1 Å². The summed E-state index contributed by atoms with van der Waals surface area (Å²) < 4.78 is 2.61. The highest BCUT2D eigenvalue weighted by atomic mass is 32.1. The summed E-state index contributed by atoms with van der Waals surface area (Å²) in [6, 6.07) is 66.4. The molecule has 8 aromatic carbocycles. The van der Waals surface area contributed by atoms with Crippen LogP contribution >= 0.6 is 11.3 Å². The molecule has 1 spiro atoms. The van der Waals surface area contributed by atoms with E-state index >= 15 is 0 Å². The summed E-state index contributed by atoms with van der Waals surface area (Å²) in [7, 11) is 0. The van der Waals surface area contributed by atoms with Crippen LogP contribution < -0.4 is 4.90 Å². The number of benzene rings is 8. The van der Waals surface area contributed by atoms with Gasteiger partial charge in [0.25, 0.3) is 0 Å². The average Bonchev–Trinajstić information content (AvgIpc) is 3.91. The van der Waals surface area contributed by atoms with E-state index in [1.807, 2.05) is 11.3 Å². The lowest BCUT2D eigenvalue weighted by Gasteiger charge is -2.33. The lowest BCUT2D eigenvalue weighted by Crippen LogP contribution is -2.26. The maximum Gasteiger partial charge on any atom is 0.0726 e. The third-order valence-corrected chi connectivity index (χ3v) is 13.8. The summed E-state index contributed by atoms with van der Waals surface area (Å²) >= 11 is 1.88. The number of nitrogens with zero attached hydrogens (tertiary/aromatic N) is 1. The summed E-state index contributed by atoms with van der Waals surface area (Å²) in [6.45, 7) is 4.76. The Bertz CT molecular complexity index is 2990. The molecule has 9 aromatic rings. The van der Waals surface area contributed by atoms with E-state index < -0.39 is 5.41 Å². The molecule has 1 nitrogen and oxygen atoms in total. The van der Waals surface area contributed by atoms with Gasteiger partial charge >= 0.3 is 0 Å². The Hall–Kier alpha value is -6.22. The van der Waals surface area contributed by atoms with Gasteiger partial charge < -0.3 is 4.90 Å². The highest BCUT2D eigenvalue weighted by Gasteiger charge is 2.51. The first-order valence-corrected chi connectivity index (χ1v) is 19.8. The monoisotopic (exact) mass is 705 g/mol. The molecule has 1 aromatic heterocycles. The number of fused-ring (bicyclic) bond motifs is 16. The van der Waals surface area contributed by atoms with Crippen LogP contribution in [-0.4, -0.2) is 0 Å². The molecule has 1 heterocycles. The highest BCUT2D eigenvalue weighted by molar-refractivity contribution is 7.26. The molecular weight excluding hydrogens is 671 g/mol. The van der Waals surface area contributed by atoms with Crippen LogP contribution in [0.15, 0.2) is 176 Å². The summed E-state index contributed by atoms with van der Waals surface area (Å²) in [4.78, 5) is 2.59. The van der Waals surface area contributed by atoms with Gasteiger partial charge in [-0.1, -0.05) is 153 Å². The molecular formula is C52H35NS.